The number of halogens is 1. The van der Waals surface area contributed by atoms with Gasteiger partial charge in [-0.2, -0.15) is 0 Å². The van der Waals surface area contributed by atoms with Crippen molar-refractivity contribution in [2.45, 2.75) is 13.0 Å². The molecule has 2 heterocycles. The number of ether oxygens (including phenoxy) is 1. The molecule has 0 fully saturated rings. The van der Waals surface area contributed by atoms with Crippen LogP contribution in [0.4, 0.5) is 10.2 Å². The minimum Gasteiger partial charge on any atom is -0.494 e. The largest absolute Gasteiger partial charge is 0.494 e. The van der Waals surface area contributed by atoms with Gasteiger partial charge in [0.2, 0.25) is 0 Å². The molecule has 6 nitrogen and oxygen atoms in total. The van der Waals surface area contributed by atoms with Crippen molar-refractivity contribution in [3.63, 3.8) is 0 Å². The topological polar surface area (TPSA) is 78.9 Å². The van der Waals surface area contributed by atoms with Gasteiger partial charge in [-0.3, -0.25) is 0 Å². The summed E-state index contributed by atoms with van der Waals surface area (Å²) in [6, 6.07) is 5.96. The second kappa shape index (κ2) is 5.74. The summed E-state index contributed by atoms with van der Waals surface area (Å²) in [4.78, 5) is 12.3. The number of rotatable bonds is 5. The number of aromatic nitrogens is 4. The summed E-state index contributed by atoms with van der Waals surface area (Å²) in [6.07, 6.45) is 3.88. The maximum absolute atomic E-state index is 12.8. The molecule has 21 heavy (non-hydrogen) atoms. The number of imidazole rings is 1. The van der Waals surface area contributed by atoms with Crippen molar-refractivity contribution in [1.29, 1.82) is 0 Å². The lowest BCUT2D eigenvalue weighted by atomic mass is 10.3. The first-order chi connectivity index (χ1) is 10.2. The highest BCUT2D eigenvalue weighted by Crippen LogP contribution is 2.15. The quantitative estimate of drug-likeness (QED) is 0.726. The Labute approximate surface area is 120 Å². The molecule has 0 amide bonds. The smallest absolute Gasteiger partial charge is 0.165 e. The van der Waals surface area contributed by atoms with Crippen molar-refractivity contribution < 1.29 is 9.13 Å². The maximum atomic E-state index is 12.8. The van der Waals surface area contributed by atoms with E-state index in [-0.39, 0.29) is 5.82 Å². The molecule has 0 aliphatic rings. The molecule has 0 unspecified atom stereocenters. The fraction of sp³-hybridized carbons (Fsp3) is 0.214. The van der Waals surface area contributed by atoms with E-state index in [9.17, 15) is 4.39 Å². The number of anilines is 1. The van der Waals surface area contributed by atoms with E-state index in [0.717, 1.165) is 6.42 Å². The summed E-state index contributed by atoms with van der Waals surface area (Å²) in [5.74, 6) is 0.754. The predicted octanol–water partition coefficient (Wildman–Crippen LogP) is 2.02. The molecule has 0 bridgehead atoms. The van der Waals surface area contributed by atoms with Gasteiger partial charge in [0.1, 0.15) is 23.4 Å². The fourth-order valence-electron chi connectivity index (χ4n) is 2.02. The normalized spacial score (nSPS) is 10.9. The fourth-order valence-corrected chi connectivity index (χ4v) is 2.02. The average molecular weight is 287 g/mol. The molecule has 2 aromatic heterocycles. The first kappa shape index (κ1) is 13.3. The van der Waals surface area contributed by atoms with Gasteiger partial charge in [-0.25, -0.2) is 19.3 Å². The van der Waals surface area contributed by atoms with Crippen LogP contribution in [0, 0.1) is 5.82 Å². The number of hydrogen-bond donors (Lipinski definition) is 1. The monoisotopic (exact) mass is 287 g/mol. The molecule has 0 aliphatic heterocycles. The van der Waals surface area contributed by atoms with E-state index in [4.69, 9.17) is 10.5 Å². The lowest BCUT2D eigenvalue weighted by Crippen LogP contribution is -2.04. The van der Waals surface area contributed by atoms with Crippen molar-refractivity contribution >= 4 is 17.0 Å². The van der Waals surface area contributed by atoms with Crippen LogP contribution < -0.4 is 10.5 Å². The Bertz CT molecular complexity index is 741. The molecule has 7 heteroatoms. The minimum absolute atomic E-state index is 0.274. The molecule has 0 saturated carbocycles. The third-order valence-corrected chi connectivity index (χ3v) is 3.06. The van der Waals surface area contributed by atoms with Crippen LogP contribution in [-0.2, 0) is 6.54 Å². The summed E-state index contributed by atoms with van der Waals surface area (Å²) in [5.41, 5.74) is 7.05. The van der Waals surface area contributed by atoms with Crippen LogP contribution in [0.15, 0.2) is 36.9 Å². The van der Waals surface area contributed by atoms with Gasteiger partial charge in [0.15, 0.2) is 11.5 Å². The highest BCUT2D eigenvalue weighted by Gasteiger charge is 2.07. The Hall–Kier alpha value is -2.70. The zero-order valence-electron chi connectivity index (χ0n) is 11.2. The average Bonchev–Trinajstić information content (AvgIpc) is 2.90. The van der Waals surface area contributed by atoms with Crippen LogP contribution in [0.25, 0.3) is 11.2 Å². The third-order valence-electron chi connectivity index (χ3n) is 3.06. The molecule has 0 saturated heterocycles. The van der Waals surface area contributed by atoms with E-state index < -0.39 is 0 Å². The number of nitrogen functional groups attached to an aromatic ring is 1. The Balaban J connectivity index is 1.57. The molecule has 0 radical (unpaired) electrons. The zero-order valence-corrected chi connectivity index (χ0v) is 11.2. The number of fused-ring (bicyclic) bond motifs is 1. The molecule has 3 rings (SSSR count). The van der Waals surface area contributed by atoms with Crippen LogP contribution in [-0.4, -0.2) is 26.1 Å². The molecule has 0 aliphatic carbocycles. The second-order valence-electron chi connectivity index (χ2n) is 4.53. The van der Waals surface area contributed by atoms with Gasteiger partial charge >= 0.3 is 0 Å². The maximum Gasteiger partial charge on any atom is 0.165 e. The van der Waals surface area contributed by atoms with Crippen molar-refractivity contribution in [2.75, 3.05) is 12.3 Å². The van der Waals surface area contributed by atoms with Crippen molar-refractivity contribution in [2.24, 2.45) is 0 Å². The summed E-state index contributed by atoms with van der Waals surface area (Å²) in [7, 11) is 0. The van der Waals surface area contributed by atoms with Gasteiger partial charge < -0.3 is 15.0 Å². The van der Waals surface area contributed by atoms with Gasteiger partial charge in [0.05, 0.1) is 12.9 Å². The molecular formula is C14H14FN5O. The first-order valence-corrected chi connectivity index (χ1v) is 6.54. The molecule has 0 spiro atoms. The van der Waals surface area contributed by atoms with E-state index in [1.165, 1.54) is 18.5 Å². The summed E-state index contributed by atoms with van der Waals surface area (Å²) < 4.78 is 20.2. The number of hydrogen-bond acceptors (Lipinski definition) is 5. The minimum atomic E-state index is -0.274. The number of nitrogens with two attached hydrogens (primary N) is 1. The zero-order chi connectivity index (χ0) is 14.7. The van der Waals surface area contributed by atoms with Gasteiger partial charge in [-0.05, 0) is 30.7 Å². The summed E-state index contributed by atoms with van der Waals surface area (Å²) in [6.45, 7) is 1.22. The molecule has 1 aromatic carbocycles. The van der Waals surface area contributed by atoms with Crippen molar-refractivity contribution in [3.8, 4) is 5.75 Å². The highest BCUT2D eigenvalue weighted by atomic mass is 19.1. The Kier molecular flexibility index (Phi) is 3.63. The SMILES string of the molecule is Nc1ncnc2c1ncn2CCCOc1ccc(F)cc1. The van der Waals surface area contributed by atoms with E-state index >= 15 is 0 Å². The molecule has 3 aromatic rings. The van der Waals surface area contributed by atoms with Gasteiger partial charge in [0, 0.05) is 6.54 Å². The standard InChI is InChI=1S/C14H14FN5O/c15-10-2-4-11(5-3-10)21-7-1-6-20-9-19-12-13(16)17-8-18-14(12)20/h2-5,8-9H,1,6-7H2,(H2,16,17,18). The van der Waals surface area contributed by atoms with E-state index in [2.05, 4.69) is 15.0 Å². The Morgan fingerprint density at radius 3 is 2.76 bits per heavy atom. The highest BCUT2D eigenvalue weighted by molar-refractivity contribution is 5.80. The van der Waals surface area contributed by atoms with Gasteiger partial charge in [-0.15, -0.1) is 0 Å². The van der Waals surface area contributed by atoms with E-state index in [0.29, 0.717) is 35.9 Å². The van der Waals surface area contributed by atoms with Crippen LogP contribution in [0.2, 0.25) is 0 Å². The first-order valence-electron chi connectivity index (χ1n) is 6.54. The molecule has 2 N–H and O–H groups in total. The van der Waals surface area contributed by atoms with Crippen LogP contribution in [0.3, 0.4) is 0 Å². The van der Waals surface area contributed by atoms with Crippen LogP contribution in [0.1, 0.15) is 6.42 Å². The molecular weight excluding hydrogens is 273 g/mol. The second-order valence-corrected chi connectivity index (χ2v) is 4.53. The molecule has 108 valence electrons. The summed E-state index contributed by atoms with van der Waals surface area (Å²) >= 11 is 0. The Morgan fingerprint density at radius 2 is 1.95 bits per heavy atom. The van der Waals surface area contributed by atoms with Crippen molar-refractivity contribution in [1.82, 2.24) is 19.5 Å². The number of benzene rings is 1. The van der Waals surface area contributed by atoms with Crippen molar-refractivity contribution in [3.05, 3.63) is 42.7 Å². The Morgan fingerprint density at radius 1 is 1.14 bits per heavy atom. The van der Waals surface area contributed by atoms with Crippen LogP contribution in [0.5, 0.6) is 5.75 Å². The van der Waals surface area contributed by atoms with Crippen LogP contribution >= 0.6 is 0 Å². The van der Waals surface area contributed by atoms with Gasteiger partial charge in [0.25, 0.3) is 0 Å². The number of aryl methyl sites for hydroxylation is 1. The molecule has 0 atom stereocenters. The predicted molar refractivity (Wildman–Crippen MR) is 76.2 cm³/mol. The summed E-state index contributed by atoms with van der Waals surface area (Å²) in [5, 5.41) is 0. The van der Waals surface area contributed by atoms with E-state index in [1.807, 2.05) is 4.57 Å². The lowest BCUT2D eigenvalue weighted by Gasteiger charge is -2.07. The van der Waals surface area contributed by atoms with Gasteiger partial charge in [-0.1, -0.05) is 0 Å². The number of nitrogens with zero attached hydrogens (tertiary/aromatic N) is 4. The third kappa shape index (κ3) is 2.91. The lowest BCUT2D eigenvalue weighted by molar-refractivity contribution is 0.302. The van der Waals surface area contributed by atoms with E-state index in [1.54, 1.807) is 18.5 Å².